The molecule has 5 heteroatoms. The van der Waals surface area contributed by atoms with Gasteiger partial charge in [0.1, 0.15) is 11.2 Å². The summed E-state index contributed by atoms with van der Waals surface area (Å²) in [6.45, 7) is 0. The van der Waals surface area contributed by atoms with E-state index in [1.807, 2.05) is 36.4 Å². The monoisotopic (exact) mass is 642 g/mol. The van der Waals surface area contributed by atoms with Gasteiger partial charge in [0.15, 0.2) is 11.6 Å². The number of para-hydroxylation sites is 3. The van der Waals surface area contributed by atoms with E-state index in [-0.39, 0.29) is 0 Å². The Bertz CT molecular complexity index is 2740. The molecule has 0 amide bonds. The molecule has 0 spiro atoms. The second-order valence-electron chi connectivity index (χ2n) is 12.8. The maximum Gasteiger partial charge on any atom is 0.238 e. The van der Waals surface area contributed by atoms with Gasteiger partial charge in [0, 0.05) is 44.1 Å². The minimum atomic E-state index is 0.620. The van der Waals surface area contributed by atoms with Crippen LogP contribution >= 0.6 is 0 Å². The standard InChI is InChI=1S/C45H30N4O/c1-3-12-29(13-4-1)30-22-24-32(25-23-30)44-46-43(31-14-5-2-6-15-31)47-45(48-44)49-39-20-9-7-16-35(39)38-28-33(26-27-40(38)49)34-18-11-19-37-36-17-8-10-21-41(36)50-42(34)37/h1-25,28H,26-27H2. The van der Waals surface area contributed by atoms with Crippen LogP contribution in [0.4, 0.5) is 0 Å². The second-order valence-corrected chi connectivity index (χ2v) is 12.8. The molecule has 1 aliphatic carbocycles. The molecule has 50 heavy (non-hydrogen) atoms. The van der Waals surface area contributed by atoms with Crippen LogP contribution in [0.2, 0.25) is 0 Å². The Kier molecular flexibility index (Phi) is 6.56. The van der Waals surface area contributed by atoms with Crippen LogP contribution in [0.25, 0.3) is 84.3 Å². The largest absolute Gasteiger partial charge is 0.455 e. The van der Waals surface area contributed by atoms with Gasteiger partial charge in [0.2, 0.25) is 5.95 Å². The van der Waals surface area contributed by atoms with Crippen LogP contribution in [-0.4, -0.2) is 19.5 Å². The van der Waals surface area contributed by atoms with E-state index in [1.165, 1.54) is 27.8 Å². The molecule has 10 rings (SSSR count). The lowest BCUT2D eigenvalue weighted by atomic mass is 9.90. The van der Waals surface area contributed by atoms with Crippen LogP contribution < -0.4 is 0 Å². The number of allylic oxidation sites excluding steroid dienone is 1. The fourth-order valence-corrected chi connectivity index (χ4v) is 7.42. The summed E-state index contributed by atoms with van der Waals surface area (Å²) >= 11 is 0. The minimum Gasteiger partial charge on any atom is -0.455 e. The van der Waals surface area contributed by atoms with Crippen molar-refractivity contribution in [3.8, 4) is 39.9 Å². The predicted molar refractivity (Wildman–Crippen MR) is 203 cm³/mol. The normalized spacial score (nSPS) is 12.8. The van der Waals surface area contributed by atoms with Gasteiger partial charge in [-0.2, -0.15) is 9.97 Å². The maximum atomic E-state index is 6.46. The third kappa shape index (κ3) is 4.66. The lowest BCUT2D eigenvalue weighted by Gasteiger charge is -2.18. The molecule has 0 N–H and O–H groups in total. The number of rotatable bonds is 5. The Labute approximate surface area is 288 Å². The third-order valence-corrected chi connectivity index (χ3v) is 9.82. The van der Waals surface area contributed by atoms with Gasteiger partial charge >= 0.3 is 0 Å². The van der Waals surface area contributed by atoms with Crippen LogP contribution in [0.3, 0.4) is 0 Å². The molecule has 236 valence electrons. The molecule has 1 aliphatic rings. The molecule has 0 atom stereocenters. The number of aromatic nitrogens is 4. The van der Waals surface area contributed by atoms with Gasteiger partial charge in [0.25, 0.3) is 0 Å². The molecule has 0 radical (unpaired) electrons. The van der Waals surface area contributed by atoms with Crippen LogP contribution in [-0.2, 0) is 6.42 Å². The van der Waals surface area contributed by atoms with Gasteiger partial charge in [0.05, 0.1) is 5.52 Å². The summed E-state index contributed by atoms with van der Waals surface area (Å²) in [6, 6.07) is 52.4. The minimum absolute atomic E-state index is 0.620. The number of hydrogen-bond acceptors (Lipinski definition) is 4. The molecule has 0 aliphatic heterocycles. The Morgan fingerprint density at radius 1 is 0.480 bits per heavy atom. The lowest BCUT2D eigenvalue weighted by molar-refractivity contribution is 0.667. The highest BCUT2D eigenvalue weighted by Crippen LogP contribution is 2.41. The molecule has 5 nitrogen and oxygen atoms in total. The quantitative estimate of drug-likeness (QED) is 0.187. The predicted octanol–water partition coefficient (Wildman–Crippen LogP) is 11.2. The molecule has 0 saturated carbocycles. The topological polar surface area (TPSA) is 56.7 Å². The van der Waals surface area contributed by atoms with Crippen LogP contribution in [0.5, 0.6) is 0 Å². The van der Waals surface area contributed by atoms with Gasteiger partial charge in [-0.3, -0.25) is 4.57 Å². The average Bonchev–Trinajstić information content (AvgIpc) is 3.74. The summed E-state index contributed by atoms with van der Waals surface area (Å²) in [5.41, 5.74) is 12.0. The molecule has 0 unspecified atom stereocenters. The summed E-state index contributed by atoms with van der Waals surface area (Å²) in [7, 11) is 0. The van der Waals surface area contributed by atoms with E-state index < -0.39 is 0 Å². The first-order valence-electron chi connectivity index (χ1n) is 17.0. The first-order valence-corrected chi connectivity index (χ1v) is 17.0. The zero-order valence-electron chi connectivity index (χ0n) is 27.1. The average molecular weight is 643 g/mol. The molecule has 9 aromatic rings. The van der Waals surface area contributed by atoms with Crippen LogP contribution in [0.15, 0.2) is 156 Å². The summed E-state index contributed by atoms with van der Waals surface area (Å²) in [5.74, 6) is 1.91. The lowest BCUT2D eigenvalue weighted by Crippen LogP contribution is -2.11. The van der Waals surface area contributed by atoms with E-state index in [2.05, 4.69) is 126 Å². The Morgan fingerprint density at radius 2 is 1.08 bits per heavy atom. The van der Waals surface area contributed by atoms with E-state index in [9.17, 15) is 0 Å². The van der Waals surface area contributed by atoms with Crippen molar-refractivity contribution in [1.82, 2.24) is 19.5 Å². The molecular formula is C45H30N4O. The van der Waals surface area contributed by atoms with Gasteiger partial charge in [-0.15, -0.1) is 0 Å². The van der Waals surface area contributed by atoms with Crippen molar-refractivity contribution in [2.24, 2.45) is 0 Å². The summed E-state index contributed by atoms with van der Waals surface area (Å²) in [6.07, 6.45) is 4.05. The van der Waals surface area contributed by atoms with E-state index in [1.54, 1.807) is 0 Å². The highest BCUT2D eigenvalue weighted by Gasteiger charge is 2.25. The fourth-order valence-electron chi connectivity index (χ4n) is 7.42. The van der Waals surface area contributed by atoms with Gasteiger partial charge in [-0.25, -0.2) is 4.98 Å². The van der Waals surface area contributed by atoms with Gasteiger partial charge in [-0.1, -0.05) is 140 Å². The van der Waals surface area contributed by atoms with Crippen molar-refractivity contribution in [2.45, 2.75) is 12.8 Å². The van der Waals surface area contributed by atoms with Crippen molar-refractivity contribution in [2.75, 3.05) is 0 Å². The zero-order chi connectivity index (χ0) is 33.0. The summed E-state index contributed by atoms with van der Waals surface area (Å²) < 4.78 is 8.70. The van der Waals surface area contributed by atoms with Crippen molar-refractivity contribution < 1.29 is 4.42 Å². The van der Waals surface area contributed by atoms with E-state index in [0.29, 0.717) is 17.6 Å². The van der Waals surface area contributed by atoms with Crippen LogP contribution in [0, 0.1) is 0 Å². The smallest absolute Gasteiger partial charge is 0.238 e. The van der Waals surface area contributed by atoms with E-state index in [4.69, 9.17) is 19.4 Å². The molecule has 3 heterocycles. The van der Waals surface area contributed by atoms with E-state index >= 15 is 0 Å². The summed E-state index contributed by atoms with van der Waals surface area (Å²) in [5, 5.41) is 3.47. The first kappa shape index (κ1) is 28.4. The van der Waals surface area contributed by atoms with Gasteiger partial charge < -0.3 is 4.42 Å². The highest BCUT2D eigenvalue weighted by atomic mass is 16.3. The number of benzene rings is 6. The number of furan rings is 1. The van der Waals surface area contributed by atoms with Crippen molar-refractivity contribution in [3.05, 3.63) is 168 Å². The van der Waals surface area contributed by atoms with Crippen molar-refractivity contribution in [3.63, 3.8) is 0 Å². The number of nitrogens with zero attached hydrogens (tertiary/aromatic N) is 4. The zero-order valence-corrected chi connectivity index (χ0v) is 27.1. The van der Waals surface area contributed by atoms with Crippen molar-refractivity contribution in [1.29, 1.82) is 0 Å². The third-order valence-electron chi connectivity index (χ3n) is 9.82. The van der Waals surface area contributed by atoms with Crippen molar-refractivity contribution >= 4 is 44.5 Å². The Hall–Kier alpha value is -6.59. The molecule has 6 aromatic carbocycles. The molecule has 3 aromatic heterocycles. The maximum absolute atomic E-state index is 6.46. The second kappa shape index (κ2) is 11.5. The summed E-state index contributed by atoms with van der Waals surface area (Å²) in [4.78, 5) is 15.3. The highest BCUT2D eigenvalue weighted by molar-refractivity contribution is 6.10. The van der Waals surface area contributed by atoms with Crippen LogP contribution in [0.1, 0.15) is 23.2 Å². The first-order chi connectivity index (χ1) is 24.8. The molecule has 0 saturated heterocycles. The molecular weight excluding hydrogens is 613 g/mol. The SMILES string of the molecule is C1=C(c2cccc3c2oc2ccccc23)CCc2c1c1ccccc1n2-c1nc(-c2ccccc2)nc(-c2ccc(-c3ccccc3)cc2)n1. The molecule has 0 fully saturated rings. The van der Waals surface area contributed by atoms with E-state index in [0.717, 1.165) is 62.6 Å². The fraction of sp³-hybridized carbons (Fsp3) is 0.0444. The Balaban J connectivity index is 1.14. The number of hydrogen-bond donors (Lipinski definition) is 0. The van der Waals surface area contributed by atoms with Gasteiger partial charge in [-0.05, 0) is 47.8 Å². The number of fused-ring (bicyclic) bond motifs is 6. The Morgan fingerprint density at radius 3 is 1.86 bits per heavy atom. The molecule has 0 bridgehead atoms.